The van der Waals surface area contributed by atoms with Gasteiger partial charge in [0.2, 0.25) is 27.8 Å². The van der Waals surface area contributed by atoms with E-state index in [1.807, 2.05) is 37.3 Å². The molecule has 6 N–H and O–H groups in total. The van der Waals surface area contributed by atoms with Crippen LogP contribution in [0.4, 0.5) is 28.8 Å². The van der Waals surface area contributed by atoms with Gasteiger partial charge in [0.05, 0.1) is 16.8 Å². The average molecular weight is 851 g/mol. The number of benzene rings is 3. The number of primary sulfonamides is 1. The first-order valence-electron chi connectivity index (χ1n) is 20.7. The number of nitrogens with two attached hydrogens (primary N) is 1. The van der Waals surface area contributed by atoms with Crippen molar-refractivity contribution in [3.05, 3.63) is 89.6 Å². The number of piperidine rings is 3. The first-order chi connectivity index (χ1) is 29.4. The Bertz CT molecular complexity index is 2420. The summed E-state index contributed by atoms with van der Waals surface area (Å²) in [6, 6.07) is 18.6. The zero-order valence-electron chi connectivity index (χ0n) is 33.9. The normalized spacial score (nSPS) is 20.1. The predicted molar refractivity (Wildman–Crippen MR) is 229 cm³/mol. The van der Waals surface area contributed by atoms with Gasteiger partial charge in [-0.25, -0.2) is 18.5 Å². The second kappa shape index (κ2) is 18.0. The van der Waals surface area contributed by atoms with E-state index in [-0.39, 0.29) is 17.7 Å². The van der Waals surface area contributed by atoms with Crippen LogP contribution >= 0.6 is 0 Å². The highest BCUT2D eigenvalue weighted by Crippen LogP contribution is 2.32. The number of amides is 4. The molecule has 3 saturated heterocycles. The lowest BCUT2D eigenvalue weighted by atomic mass is 9.95. The summed E-state index contributed by atoms with van der Waals surface area (Å²) < 4.78 is 30.2. The van der Waals surface area contributed by atoms with E-state index < -0.39 is 39.7 Å². The number of likely N-dealkylation sites (tertiary alicyclic amines) is 1. The van der Waals surface area contributed by atoms with Gasteiger partial charge < -0.3 is 25.6 Å². The van der Waals surface area contributed by atoms with Crippen molar-refractivity contribution in [2.45, 2.75) is 62.4 Å². The number of aromatic nitrogens is 2. The Morgan fingerprint density at radius 2 is 1.67 bits per heavy atom. The summed E-state index contributed by atoms with van der Waals surface area (Å²) in [7, 11) is -3.93. The van der Waals surface area contributed by atoms with Crippen molar-refractivity contribution in [1.82, 2.24) is 30.4 Å². The minimum atomic E-state index is -3.93. The van der Waals surface area contributed by atoms with Gasteiger partial charge in [-0.2, -0.15) is 4.98 Å². The number of aryl methyl sites for hydroxylation is 1. The van der Waals surface area contributed by atoms with Gasteiger partial charge in [-0.05, 0) is 119 Å². The number of imide groups is 2. The fourth-order valence-electron chi connectivity index (χ4n) is 8.41. The van der Waals surface area contributed by atoms with Crippen molar-refractivity contribution in [3.63, 3.8) is 0 Å². The predicted octanol–water partition coefficient (Wildman–Crippen LogP) is 3.67. The van der Waals surface area contributed by atoms with Crippen LogP contribution in [0.15, 0.2) is 77.8 Å². The Morgan fingerprint density at radius 3 is 2.44 bits per heavy atom. The summed E-state index contributed by atoms with van der Waals surface area (Å²) in [5.74, 6) is 0.140. The molecule has 0 saturated carbocycles. The molecule has 5 heterocycles. The Kier molecular flexibility index (Phi) is 12.3. The maximum absolute atomic E-state index is 13.4. The zero-order valence-corrected chi connectivity index (χ0v) is 34.7. The molecular formula is C43H50N10O7S. The third-order valence-electron chi connectivity index (χ3n) is 11.8. The highest BCUT2D eigenvalue weighted by atomic mass is 32.2. The molecule has 18 heteroatoms. The van der Waals surface area contributed by atoms with Gasteiger partial charge >= 0.3 is 0 Å². The lowest BCUT2D eigenvalue weighted by Crippen LogP contribution is -2.54. The molecule has 4 amide bonds. The van der Waals surface area contributed by atoms with Crippen molar-refractivity contribution in [2.24, 2.45) is 11.1 Å². The van der Waals surface area contributed by atoms with E-state index in [0.29, 0.717) is 47.1 Å². The van der Waals surface area contributed by atoms with E-state index >= 15 is 0 Å². The number of anilines is 5. The van der Waals surface area contributed by atoms with Crippen LogP contribution in [0.25, 0.3) is 0 Å². The molecule has 61 heavy (non-hydrogen) atoms. The number of carbonyl (C=O) groups excluding carboxylic acids is 4. The minimum absolute atomic E-state index is 0.0269. The lowest BCUT2D eigenvalue weighted by molar-refractivity contribution is -0.136. The van der Waals surface area contributed by atoms with Crippen LogP contribution < -0.4 is 36.0 Å². The molecule has 3 fully saturated rings. The summed E-state index contributed by atoms with van der Waals surface area (Å²) in [6.07, 6.45) is 6.14. The van der Waals surface area contributed by atoms with E-state index in [2.05, 4.69) is 41.0 Å². The molecule has 0 bridgehead atoms. The molecule has 1 unspecified atom stereocenters. The molecule has 8 rings (SSSR count). The number of hydrogen-bond acceptors (Lipinski definition) is 14. The Morgan fingerprint density at radius 1 is 0.902 bits per heavy atom. The number of ether oxygens (including phenoxy) is 1. The third kappa shape index (κ3) is 9.67. The van der Waals surface area contributed by atoms with Crippen LogP contribution in [0.2, 0.25) is 0 Å². The first kappa shape index (κ1) is 41.8. The number of carbonyl (C=O) groups is 4. The SMILES string of the molecule is Cc1cnc(Nc2ccc(OCCN3CCC(CN[C@H]4CCCN(c5ccc6c(c5)C(=O)N(C5CCC(=O)NC5=O)C6=O)C4)CC3)cc2)nc1Nc1ccccc1S(N)(=O)=O. The van der Waals surface area contributed by atoms with Gasteiger partial charge in [0.25, 0.3) is 11.8 Å². The van der Waals surface area contributed by atoms with Crippen molar-refractivity contribution >= 4 is 62.5 Å². The molecule has 1 aromatic heterocycles. The Labute approximate surface area is 354 Å². The molecule has 17 nitrogen and oxygen atoms in total. The molecule has 4 aliphatic rings. The number of nitrogens with one attached hydrogen (secondary N) is 4. The maximum atomic E-state index is 13.4. The average Bonchev–Trinajstić information content (AvgIpc) is 3.50. The van der Waals surface area contributed by atoms with Gasteiger partial charge in [-0.15, -0.1) is 0 Å². The lowest BCUT2D eigenvalue weighted by Gasteiger charge is -2.37. The molecule has 4 aromatic rings. The largest absolute Gasteiger partial charge is 0.492 e. The monoisotopic (exact) mass is 850 g/mol. The number of rotatable bonds is 14. The highest BCUT2D eigenvalue weighted by molar-refractivity contribution is 7.89. The highest BCUT2D eigenvalue weighted by Gasteiger charge is 2.45. The van der Waals surface area contributed by atoms with Crippen LogP contribution in [-0.4, -0.2) is 110 Å². The second-order valence-corrected chi connectivity index (χ2v) is 17.6. The maximum Gasteiger partial charge on any atom is 0.262 e. The molecule has 0 aliphatic carbocycles. The van der Waals surface area contributed by atoms with Gasteiger partial charge in [0.1, 0.15) is 29.1 Å². The van der Waals surface area contributed by atoms with E-state index in [4.69, 9.17) is 9.88 Å². The summed E-state index contributed by atoms with van der Waals surface area (Å²) in [6.45, 7) is 7.83. The smallest absolute Gasteiger partial charge is 0.262 e. The van der Waals surface area contributed by atoms with Gasteiger partial charge in [0, 0.05) is 55.2 Å². The second-order valence-electron chi connectivity index (χ2n) is 16.0. The Hall–Kier alpha value is -5.95. The summed E-state index contributed by atoms with van der Waals surface area (Å²) >= 11 is 0. The fourth-order valence-corrected chi connectivity index (χ4v) is 9.11. The van der Waals surface area contributed by atoms with Gasteiger partial charge in [-0.3, -0.25) is 34.3 Å². The Balaban J connectivity index is 0.752. The molecular weight excluding hydrogens is 801 g/mol. The number of fused-ring (bicyclic) bond motifs is 1. The minimum Gasteiger partial charge on any atom is -0.492 e. The molecule has 3 aromatic carbocycles. The number of para-hydroxylation sites is 1. The van der Waals surface area contributed by atoms with Crippen LogP contribution in [0.1, 0.15) is 64.8 Å². The van der Waals surface area contributed by atoms with Crippen molar-refractivity contribution < 1.29 is 32.3 Å². The van der Waals surface area contributed by atoms with Crippen molar-refractivity contribution in [1.29, 1.82) is 0 Å². The molecule has 2 atom stereocenters. The topological polar surface area (TPSA) is 221 Å². The zero-order chi connectivity index (χ0) is 42.7. The van der Waals surface area contributed by atoms with E-state index in [1.165, 1.54) is 6.07 Å². The van der Waals surface area contributed by atoms with Crippen LogP contribution in [0.5, 0.6) is 5.75 Å². The van der Waals surface area contributed by atoms with Crippen molar-refractivity contribution in [2.75, 3.05) is 61.4 Å². The van der Waals surface area contributed by atoms with Crippen molar-refractivity contribution in [3.8, 4) is 5.75 Å². The number of nitrogens with zero attached hydrogens (tertiary/aromatic N) is 5. The molecule has 0 spiro atoms. The van der Waals surface area contributed by atoms with Gasteiger partial charge in [-0.1, -0.05) is 12.1 Å². The molecule has 4 aliphatic heterocycles. The first-order valence-corrected chi connectivity index (χ1v) is 22.2. The number of sulfonamides is 1. The standard InChI is InChI=1S/C43H50N10O7S/c1-27-24-46-43(50-39(27)48-35-6-2-3-7-37(35)61(44,58)59)47-29-8-11-32(12-9-29)60-22-21-51-19-16-28(17-20-51)25-45-30-5-4-18-52(26-30)31-10-13-33-34(23-31)42(57)53(41(33)56)36-14-15-38(54)49-40(36)55/h2-3,6-13,23-24,28,30,36,45H,4-5,14-22,25-26H2,1H3,(H2,44,58,59)(H,49,54,55)(H2,46,47,48,50)/t30-,36?/m0/s1. The fraction of sp³-hybridized carbons (Fsp3) is 0.395. The van der Waals surface area contributed by atoms with E-state index in [0.717, 1.165) is 92.5 Å². The third-order valence-corrected chi connectivity index (χ3v) is 12.8. The summed E-state index contributed by atoms with van der Waals surface area (Å²) in [5.41, 5.74) is 3.30. The molecule has 320 valence electrons. The van der Waals surface area contributed by atoms with E-state index in [1.54, 1.807) is 36.5 Å². The van der Waals surface area contributed by atoms with Crippen LogP contribution in [0.3, 0.4) is 0 Å². The summed E-state index contributed by atoms with van der Waals surface area (Å²) in [4.78, 5) is 65.2. The van der Waals surface area contributed by atoms with E-state index in [9.17, 15) is 27.6 Å². The molecule has 0 radical (unpaired) electrons. The quantitative estimate of drug-likeness (QED) is 0.114. The van der Waals surface area contributed by atoms with Crippen LogP contribution in [-0.2, 0) is 19.6 Å². The van der Waals surface area contributed by atoms with Crippen LogP contribution in [0, 0.1) is 12.8 Å². The summed E-state index contributed by atoms with van der Waals surface area (Å²) in [5, 5.41) is 17.7. The number of hydrogen-bond donors (Lipinski definition) is 5. The van der Waals surface area contributed by atoms with Gasteiger partial charge in [0.15, 0.2) is 0 Å².